The van der Waals surface area contributed by atoms with Crippen molar-refractivity contribution < 1.29 is 9.21 Å². The number of rotatable bonds is 2. The number of para-hydroxylation sites is 2. The number of nitrogens with zero attached hydrogens (tertiary/aromatic N) is 4. The van der Waals surface area contributed by atoms with Crippen LogP contribution in [0.2, 0.25) is 0 Å². The van der Waals surface area contributed by atoms with Crippen molar-refractivity contribution in [1.29, 1.82) is 0 Å². The largest absolute Gasteiger partial charge is 0.440 e. The summed E-state index contributed by atoms with van der Waals surface area (Å²) in [5.74, 6) is 0.909. The summed E-state index contributed by atoms with van der Waals surface area (Å²) < 4.78 is 7.80. The molecular weight excluding hydrogens is 328 g/mol. The molecule has 1 saturated heterocycles. The van der Waals surface area contributed by atoms with Crippen LogP contribution in [-0.2, 0) is 0 Å². The van der Waals surface area contributed by atoms with Gasteiger partial charge in [0.1, 0.15) is 11.2 Å². The summed E-state index contributed by atoms with van der Waals surface area (Å²) in [7, 11) is 0. The fourth-order valence-corrected chi connectivity index (χ4v) is 3.66. The van der Waals surface area contributed by atoms with E-state index in [4.69, 9.17) is 4.42 Å². The Bertz CT molecular complexity index is 1060. The fourth-order valence-electron chi connectivity index (χ4n) is 3.66. The zero-order valence-corrected chi connectivity index (χ0v) is 14.2. The third-order valence-electron chi connectivity index (χ3n) is 5.00. The maximum Gasteiger partial charge on any atom is 0.255 e. The summed E-state index contributed by atoms with van der Waals surface area (Å²) in [6.07, 6.45) is 7.35. The maximum absolute atomic E-state index is 13.0. The predicted octanol–water partition coefficient (Wildman–Crippen LogP) is 3.50. The molecule has 1 fully saturated rings. The van der Waals surface area contributed by atoms with Crippen LogP contribution < -0.4 is 0 Å². The van der Waals surface area contributed by atoms with Crippen LogP contribution in [0.15, 0.2) is 59.4 Å². The molecular formula is C20H18N4O2. The first-order valence-corrected chi connectivity index (χ1v) is 8.85. The smallest absolute Gasteiger partial charge is 0.255 e. The van der Waals surface area contributed by atoms with Crippen molar-refractivity contribution >= 4 is 22.7 Å². The van der Waals surface area contributed by atoms with Gasteiger partial charge in [-0.25, -0.2) is 9.97 Å². The number of likely N-dealkylation sites (tertiary alicyclic amines) is 1. The molecule has 1 aromatic carbocycles. The van der Waals surface area contributed by atoms with Gasteiger partial charge in [-0.2, -0.15) is 0 Å². The van der Waals surface area contributed by atoms with Crippen molar-refractivity contribution in [1.82, 2.24) is 19.3 Å². The molecule has 1 aliphatic heterocycles. The molecule has 6 heteroatoms. The molecule has 0 unspecified atom stereocenters. The second-order valence-electron chi connectivity index (χ2n) is 6.72. The quantitative estimate of drug-likeness (QED) is 0.557. The van der Waals surface area contributed by atoms with Crippen LogP contribution in [0.3, 0.4) is 0 Å². The molecule has 130 valence electrons. The van der Waals surface area contributed by atoms with Gasteiger partial charge < -0.3 is 13.7 Å². The molecule has 0 bridgehead atoms. The van der Waals surface area contributed by atoms with E-state index in [2.05, 4.69) is 9.97 Å². The number of pyridine rings is 1. The third kappa shape index (κ3) is 2.54. The van der Waals surface area contributed by atoms with E-state index in [0.717, 1.165) is 42.0 Å². The predicted molar refractivity (Wildman–Crippen MR) is 97.1 cm³/mol. The van der Waals surface area contributed by atoms with E-state index in [1.54, 1.807) is 6.20 Å². The van der Waals surface area contributed by atoms with Crippen LogP contribution in [0.4, 0.5) is 0 Å². The van der Waals surface area contributed by atoms with Gasteiger partial charge >= 0.3 is 0 Å². The van der Waals surface area contributed by atoms with Gasteiger partial charge in [-0.15, -0.1) is 0 Å². The lowest BCUT2D eigenvalue weighted by molar-refractivity contribution is 0.0698. The van der Waals surface area contributed by atoms with Gasteiger partial charge in [-0.05, 0) is 37.1 Å². The highest BCUT2D eigenvalue weighted by atomic mass is 16.3. The first-order valence-electron chi connectivity index (χ1n) is 8.85. The van der Waals surface area contributed by atoms with Crippen molar-refractivity contribution in [2.45, 2.75) is 18.8 Å². The van der Waals surface area contributed by atoms with E-state index < -0.39 is 0 Å². The van der Waals surface area contributed by atoms with E-state index in [9.17, 15) is 4.79 Å². The Labute approximate surface area is 150 Å². The van der Waals surface area contributed by atoms with Crippen molar-refractivity contribution in [3.63, 3.8) is 0 Å². The van der Waals surface area contributed by atoms with Gasteiger partial charge in [0.2, 0.25) is 0 Å². The number of carbonyl (C=O) groups excluding carboxylic acids is 1. The Kier molecular flexibility index (Phi) is 3.48. The molecule has 1 aliphatic rings. The molecule has 4 heterocycles. The standard InChI is InChI=1S/C20H18N4O2/c25-20(15-7-8-18-21-9-11-23(18)13-15)24-10-3-4-14(12-24)19-22-16-5-1-2-6-17(16)26-19/h1-2,5-9,11,13-14H,3-4,10,12H2/t14-/m0/s1. The molecule has 0 radical (unpaired) electrons. The van der Waals surface area contributed by atoms with Gasteiger partial charge in [-0.1, -0.05) is 12.1 Å². The number of fused-ring (bicyclic) bond motifs is 2. The van der Waals surface area contributed by atoms with E-state index in [1.807, 2.05) is 58.1 Å². The minimum Gasteiger partial charge on any atom is -0.440 e. The van der Waals surface area contributed by atoms with Crippen LogP contribution in [0, 0.1) is 0 Å². The number of benzene rings is 1. The monoisotopic (exact) mass is 346 g/mol. The zero-order chi connectivity index (χ0) is 17.5. The molecule has 3 aromatic heterocycles. The van der Waals surface area contributed by atoms with Gasteiger partial charge in [0, 0.05) is 31.7 Å². The fraction of sp³-hybridized carbons (Fsp3) is 0.250. The molecule has 1 atom stereocenters. The zero-order valence-electron chi connectivity index (χ0n) is 14.2. The van der Waals surface area contributed by atoms with Crippen LogP contribution in [0.1, 0.15) is 35.0 Å². The molecule has 0 aliphatic carbocycles. The van der Waals surface area contributed by atoms with E-state index in [-0.39, 0.29) is 11.8 Å². The minimum atomic E-state index is 0.0430. The number of aromatic nitrogens is 3. The Hall–Kier alpha value is -3.15. The first kappa shape index (κ1) is 15.1. The van der Waals surface area contributed by atoms with Crippen molar-refractivity contribution in [3.05, 3.63) is 66.4 Å². The molecule has 1 amide bonds. The SMILES string of the molecule is O=C(c1ccc2nccn2c1)N1CCC[C@H](c2nc3ccccc3o2)C1. The highest BCUT2D eigenvalue weighted by molar-refractivity contribution is 5.94. The van der Waals surface area contributed by atoms with Gasteiger partial charge in [0.15, 0.2) is 11.5 Å². The van der Waals surface area contributed by atoms with Crippen molar-refractivity contribution in [2.24, 2.45) is 0 Å². The van der Waals surface area contributed by atoms with Crippen LogP contribution in [-0.4, -0.2) is 38.3 Å². The lowest BCUT2D eigenvalue weighted by Crippen LogP contribution is -2.39. The van der Waals surface area contributed by atoms with Crippen LogP contribution >= 0.6 is 0 Å². The van der Waals surface area contributed by atoms with E-state index in [1.165, 1.54) is 0 Å². The van der Waals surface area contributed by atoms with Crippen molar-refractivity contribution in [3.8, 4) is 0 Å². The summed E-state index contributed by atoms with van der Waals surface area (Å²) in [5.41, 5.74) is 3.19. The number of carbonyl (C=O) groups is 1. The molecule has 4 aromatic rings. The lowest BCUT2D eigenvalue weighted by Gasteiger charge is -2.31. The van der Waals surface area contributed by atoms with Crippen molar-refractivity contribution in [2.75, 3.05) is 13.1 Å². The molecule has 6 nitrogen and oxygen atoms in total. The Morgan fingerprint density at radius 1 is 1.19 bits per heavy atom. The molecule has 5 rings (SSSR count). The Balaban J connectivity index is 1.40. The average molecular weight is 346 g/mol. The number of piperidine rings is 1. The molecule has 0 spiro atoms. The van der Waals surface area contributed by atoms with Crippen LogP contribution in [0.5, 0.6) is 0 Å². The summed E-state index contributed by atoms with van der Waals surface area (Å²) in [6.45, 7) is 1.39. The Morgan fingerprint density at radius 3 is 3.04 bits per heavy atom. The second kappa shape index (κ2) is 5.98. The van der Waals surface area contributed by atoms with Gasteiger partial charge in [0.25, 0.3) is 5.91 Å². The van der Waals surface area contributed by atoms with Gasteiger partial charge in [-0.3, -0.25) is 4.79 Å². The average Bonchev–Trinajstić information content (AvgIpc) is 3.33. The van der Waals surface area contributed by atoms with E-state index in [0.29, 0.717) is 12.1 Å². The van der Waals surface area contributed by atoms with E-state index >= 15 is 0 Å². The lowest BCUT2D eigenvalue weighted by atomic mass is 9.97. The number of hydrogen-bond acceptors (Lipinski definition) is 4. The number of imidazole rings is 1. The summed E-state index contributed by atoms with van der Waals surface area (Å²) in [4.78, 5) is 23.7. The van der Waals surface area contributed by atoms with Crippen LogP contribution in [0.25, 0.3) is 16.7 Å². The Morgan fingerprint density at radius 2 is 2.12 bits per heavy atom. The minimum absolute atomic E-state index is 0.0430. The first-order chi connectivity index (χ1) is 12.8. The number of oxazole rings is 1. The summed E-state index contributed by atoms with van der Waals surface area (Å²) in [6, 6.07) is 11.5. The number of amides is 1. The highest BCUT2D eigenvalue weighted by Crippen LogP contribution is 2.29. The summed E-state index contributed by atoms with van der Waals surface area (Å²) in [5, 5.41) is 0. The number of hydrogen-bond donors (Lipinski definition) is 0. The highest BCUT2D eigenvalue weighted by Gasteiger charge is 2.28. The maximum atomic E-state index is 13.0. The molecule has 26 heavy (non-hydrogen) atoms. The molecule has 0 N–H and O–H groups in total. The topological polar surface area (TPSA) is 63.6 Å². The molecule has 0 saturated carbocycles. The normalized spacial score (nSPS) is 17.8. The summed E-state index contributed by atoms with van der Waals surface area (Å²) >= 11 is 0. The second-order valence-corrected chi connectivity index (χ2v) is 6.72. The third-order valence-corrected chi connectivity index (χ3v) is 5.00. The van der Waals surface area contributed by atoms with Gasteiger partial charge in [0.05, 0.1) is 11.5 Å².